The molecule has 1 atom stereocenters. The van der Waals surface area contributed by atoms with E-state index in [1.807, 2.05) is 11.8 Å². The van der Waals surface area contributed by atoms with Gasteiger partial charge in [0.15, 0.2) is 0 Å². The number of thioether (sulfide) groups is 1. The number of hydrogen-bond donors (Lipinski definition) is 1. The molecule has 1 aliphatic heterocycles. The van der Waals surface area contributed by atoms with E-state index in [-0.39, 0.29) is 6.10 Å². The van der Waals surface area contributed by atoms with Crippen molar-refractivity contribution in [2.24, 2.45) is 0 Å². The third kappa shape index (κ3) is 1.20. The molecule has 2 heterocycles. The molecule has 14 heavy (non-hydrogen) atoms. The highest BCUT2D eigenvalue weighted by molar-refractivity contribution is 7.99. The summed E-state index contributed by atoms with van der Waals surface area (Å²) >= 11 is 3.62. The molecule has 72 valence electrons. The summed E-state index contributed by atoms with van der Waals surface area (Å²) in [6.45, 7) is 0. The van der Waals surface area contributed by atoms with Gasteiger partial charge in [-0.1, -0.05) is 18.2 Å². The first-order valence-corrected chi connectivity index (χ1v) is 6.49. The van der Waals surface area contributed by atoms with Crippen LogP contribution in [0.4, 0.5) is 0 Å². The van der Waals surface area contributed by atoms with Gasteiger partial charge in [0.05, 0.1) is 6.10 Å². The van der Waals surface area contributed by atoms with Crippen molar-refractivity contribution < 1.29 is 5.11 Å². The zero-order chi connectivity index (χ0) is 9.54. The number of aliphatic hydroxyl groups is 1. The molecule has 0 spiro atoms. The highest BCUT2D eigenvalue weighted by Crippen LogP contribution is 2.45. The molecule has 2 aromatic rings. The van der Waals surface area contributed by atoms with E-state index in [2.05, 4.69) is 24.3 Å². The van der Waals surface area contributed by atoms with Gasteiger partial charge < -0.3 is 5.11 Å². The Morgan fingerprint density at radius 3 is 3.07 bits per heavy atom. The molecular weight excluding hydrogens is 212 g/mol. The number of rotatable bonds is 0. The van der Waals surface area contributed by atoms with E-state index in [1.54, 1.807) is 11.3 Å². The van der Waals surface area contributed by atoms with Crippen molar-refractivity contribution in [3.05, 3.63) is 29.1 Å². The van der Waals surface area contributed by atoms with Crippen molar-refractivity contribution in [1.82, 2.24) is 0 Å². The Balaban J connectivity index is 2.32. The van der Waals surface area contributed by atoms with Gasteiger partial charge in [-0.15, -0.1) is 23.1 Å². The van der Waals surface area contributed by atoms with Gasteiger partial charge in [0.2, 0.25) is 0 Å². The number of fused-ring (bicyclic) bond motifs is 3. The Morgan fingerprint density at radius 1 is 1.29 bits per heavy atom. The van der Waals surface area contributed by atoms with Crippen molar-refractivity contribution in [3.63, 3.8) is 0 Å². The summed E-state index contributed by atoms with van der Waals surface area (Å²) in [7, 11) is 0. The van der Waals surface area contributed by atoms with Gasteiger partial charge in [-0.05, 0) is 12.5 Å². The quantitative estimate of drug-likeness (QED) is 0.737. The Morgan fingerprint density at radius 2 is 2.14 bits per heavy atom. The number of aliphatic hydroxyl groups excluding tert-OH is 1. The zero-order valence-electron chi connectivity index (χ0n) is 7.56. The highest BCUT2D eigenvalue weighted by Gasteiger charge is 2.22. The molecule has 0 bridgehead atoms. The molecular formula is C11H10OS2. The van der Waals surface area contributed by atoms with Crippen LogP contribution in [0, 0.1) is 0 Å². The normalized spacial score (nSPS) is 21.1. The maximum Gasteiger partial charge on any atom is 0.0901 e. The van der Waals surface area contributed by atoms with Gasteiger partial charge in [-0.25, -0.2) is 0 Å². The van der Waals surface area contributed by atoms with E-state index < -0.39 is 0 Å². The fraction of sp³-hybridized carbons (Fsp3) is 0.273. The van der Waals surface area contributed by atoms with E-state index in [4.69, 9.17) is 0 Å². The molecule has 0 saturated heterocycles. The SMILES string of the molecule is OC1CCSc2c1sc1ccccc21. The topological polar surface area (TPSA) is 20.2 Å². The molecule has 1 aromatic heterocycles. The van der Waals surface area contributed by atoms with Crippen molar-refractivity contribution >= 4 is 33.2 Å². The molecule has 0 amide bonds. The largest absolute Gasteiger partial charge is 0.388 e. The van der Waals surface area contributed by atoms with Crippen LogP contribution in [0.3, 0.4) is 0 Å². The predicted molar refractivity (Wildman–Crippen MR) is 62.1 cm³/mol. The maximum atomic E-state index is 9.86. The van der Waals surface area contributed by atoms with Crippen molar-refractivity contribution in [1.29, 1.82) is 0 Å². The van der Waals surface area contributed by atoms with Crippen LogP contribution in [-0.4, -0.2) is 10.9 Å². The van der Waals surface area contributed by atoms with E-state index in [0.717, 1.165) is 12.2 Å². The van der Waals surface area contributed by atoms with E-state index >= 15 is 0 Å². The molecule has 0 saturated carbocycles. The lowest BCUT2D eigenvalue weighted by molar-refractivity contribution is 0.174. The second-order valence-electron chi connectivity index (χ2n) is 3.44. The third-order valence-electron chi connectivity index (χ3n) is 2.52. The fourth-order valence-corrected chi connectivity index (χ4v) is 4.46. The lowest BCUT2D eigenvalue weighted by Crippen LogP contribution is -2.02. The van der Waals surface area contributed by atoms with Gasteiger partial charge >= 0.3 is 0 Å². The highest BCUT2D eigenvalue weighted by atomic mass is 32.2. The third-order valence-corrected chi connectivity index (χ3v) is 5.09. The summed E-state index contributed by atoms with van der Waals surface area (Å²) in [4.78, 5) is 2.48. The van der Waals surface area contributed by atoms with Gasteiger partial charge in [0.1, 0.15) is 0 Å². The Labute approximate surface area is 90.8 Å². The average molecular weight is 222 g/mol. The van der Waals surface area contributed by atoms with Crippen molar-refractivity contribution in [3.8, 4) is 0 Å². The summed E-state index contributed by atoms with van der Waals surface area (Å²) in [5.74, 6) is 1.04. The molecule has 1 aliphatic rings. The molecule has 1 N–H and O–H groups in total. The zero-order valence-corrected chi connectivity index (χ0v) is 9.20. The van der Waals surface area contributed by atoms with Crippen LogP contribution in [0.15, 0.2) is 29.2 Å². The van der Waals surface area contributed by atoms with Crippen LogP contribution in [0.2, 0.25) is 0 Å². The summed E-state index contributed by atoms with van der Waals surface area (Å²) in [6.07, 6.45) is 0.661. The lowest BCUT2D eigenvalue weighted by atomic mass is 10.2. The summed E-state index contributed by atoms with van der Waals surface area (Å²) in [6, 6.07) is 8.40. The molecule has 0 aliphatic carbocycles. The number of thiophene rings is 1. The second-order valence-corrected chi connectivity index (χ2v) is 5.63. The van der Waals surface area contributed by atoms with Gasteiger partial charge in [-0.2, -0.15) is 0 Å². The van der Waals surface area contributed by atoms with Gasteiger partial charge in [-0.3, -0.25) is 0 Å². The maximum absolute atomic E-state index is 9.86. The summed E-state index contributed by atoms with van der Waals surface area (Å²) < 4.78 is 1.30. The minimum absolute atomic E-state index is 0.233. The summed E-state index contributed by atoms with van der Waals surface area (Å²) in [5, 5.41) is 11.2. The van der Waals surface area contributed by atoms with E-state index in [1.165, 1.54) is 19.9 Å². The van der Waals surface area contributed by atoms with Crippen LogP contribution < -0.4 is 0 Å². The molecule has 3 heteroatoms. The molecule has 1 nitrogen and oxygen atoms in total. The number of hydrogen-bond acceptors (Lipinski definition) is 3. The fourth-order valence-electron chi connectivity index (χ4n) is 1.81. The molecule has 0 fully saturated rings. The van der Waals surface area contributed by atoms with Gasteiger partial charge in [0, 0.05) is 25.6 Å². The monoisotopic (exact) mass is 222 g/mol. The van der Waals surface area contributed by atoms with Crippen LogP contribution in [-0.2, 0) is 0 Å². The minimum Gasteiger partial charge on any atom is -0.388 e. The standard InChI is InChI=1S/C11H10OS2/c12-8-5-6-13-10-7-3-1-2-4-9(7)14-11(8)10/h1-4,8,12H,5-6H2. The number of benzene rings is 1. The average Bonchev–Trinajstić information content (AvgIpc) is 2.59. The predicted octanol–water partition coefficient (Wildman–Crippen LogP) is 3.43. The molecule has 3 rings (SSSR count). The van der Waals surface area contributed by atoms with Crippen LogP contribution in [0.1, 0.15) is 17.4 Å². The first kappa shape index (κ1) is 8.77. The summed E-state index contributed by atoms with van der Waals surface area (Å²) in [5.41, 5.74) is 0. The Hall–Kier alpha value is -0.510. The smallest absolute Gasteiger partial charge is 0.0901 e. The van der Waals surface area contributed by atoms with Crippen molar-refractivity contribution in [2.45, 2.75) is 17.4 Å². The first-order chi connectivity index (χ1) is 6.86. The van der Waals surface area contributed by atoms with Gasteiger partial charge in [0.25, 0.3) is 0 Å². The van der Waals surface area contributed by atoms with Crippen LogP contribution in [0.25, 0.3) is 10.1 Å². The minimum atomic E-state index is -0.233. The lowest BCUT2D eigenvalue weighted by Gasteiger charge is -2.16. The first-order valence-electron chi connectivity index (χ1n) is 4.68. The van der Waals surface area contributed by atoms with Crippen LogP contribution >= 0.6 is 23.1 Å². The van der Waals surface area contributed by atoms with E-state index in [9.17, 15) is 5.11 Å². The van der Waals surface area contributed by atoms with E-state index in [0.29, 0.717) is 0 Å². The molecule has 1 unspecified atom stereocenters. The Kier molecular flexibility index (Phi) is 2.04. The second kappa shape index (κ2) is 3.26. The van der Waals surface area contributed by atoms with Crippen LogP contribution in [0.5, 0.6) is 0 Å². The molecule has 1 aromatic carbocycles. The van der Waals surface area contributed by atoms with Crippen molar-refractivity contribution in [2.75, 3.05) is 5.75 Å². The Bertz CT molecular complexity index is 475. The molecule has 0 radical (unpaired) electrons.